The van der Waals surface area contributed by atoms with E-state index in [1.54, 1.807) is 0 Å². The summed E-state index contributed by atoms with van der Waals surface area (Å²) in [7, 11) is 2.05. The topological polar surface area (TPSA) is 71.6 Å². The normalized spacial score (nSPS) is 21.4. The second kappa shape index (κ2) is 8.73. The van der Waals surface area contributed by atoms with Crippen molar-refractivity contribution in [1.82, 2.24) is 30.0 Å². The number of nitrogens with one attached hydrogen (secondary N) is 1. The minimum atomic E-state index is -0.522. The molecule has 1 fully saturated rings. The molecule has 2 aromatic carbocycles. The zero-order valence-corrected chi connectivity index (χ0v) is 20.6. The summed E-state index contributed by atoms with van der Waals surface area (Å²) in [6.07, 6.45) is 7.62. The van der Waals surface area contributed by atoms with Gasteiger partial charge in [0.25, 0.3) is 0 Å². The molecule has 8 heteroatoms. The molecule has 2 atom stereocenters. The highest BCUT2D eigenvalue weighted by atomic mass is 16.5. The summed E-state index contributed by atoms with van der Waals surface area (Å²) in [6.45, 7) is 5.78. The number of fused-ring (bicyclic) bond motifs is 5. The van der Waals surface area contributed by atoms with Gasteiger partial charge in [-0.25, -0.2) is 15.4 Å². The standard InChI is InChI=1S/C28H28N6O2/c1-5-20-11-12-23-22(14-20)28(3)31-32(4)26(17-35-16-21-9-7-6-8-10-21)34(28)15-24-27(29-18-33(23)24)25-13-19(2)30-36-25/h1,6-14,18,26,31H,15-17H2,2-4H3. The van der Waals surface area contributed by atoms with Gasteiger partial charge in [0.05, 0.1) is 30.3 Å². The second-order valence-electron chi connectivity index (χ2n) is 9.52. The van der Waals surface area contributed by atoms with Crippen molar-refractivity contribution in [2.24, 2.45) is 0 Å². The maximum absolute atomic E-state index is 6.22. The molecule has 2 aliphatic heterocycles. The van der Waals surface area contributed by atoms with Crippen LogP contribution in [0.5, 0.6) is 0 Å². The van der Waals surface area contributed by atoms with Crippen LogP contribution in [0.1, 0.15) is 35.0 Å². The summed E-state index contributed by atoms with van der Waals surface area (Å²) >= 11 is 0. The molecule has 4 heterocycles. The van der Waals surface area contributed by atoms with Crippen LogP contribution < -0.4 is 5.43 Å². The SMILES string of the molecule is C#Cc1ccc2c(c1)C1(C)NN(C)C(COCc3ccccc3)N1Cc1c(-c3cc(C)no3)ncn1-2. The number of hydrogen-bond acceptors (Lipinski definition) is 7. The fourth-order valence-electron chi connectivity index (χ4n) is 5.33. The van der Waals surface area contributed by atoms with Gasteiger partial charge in [-0.1, -0.05) is 41.4 Å². The average Bonchev–Trinajstić information content (AvgIpc) is 3.55. The van der Waals surface area contributed by atoms with Crippen LogP contribution >= 0.6 is 0 Å². The van der Waals surface area contributed by atoms with Crippen LogP contribution in [0.15, 0.2) is 65.4 Å². The summed E-state index contributed by atoms with van der Waals surface area (Å²) in [6, 6.07) is 18.3. The van der Waals surface area contributed by atoms with Crippen molar-refractivity contribution in [3.05, 3.63) is 89.0 Å². The van der Waals surface area contributed by atoms with Gasteiger partial charge in [-0.3, -0.25) is 4.90 Å². The van der Waals surface area contributed by atoms with Crippen molar-refractivity contribution in [3.63, 3.8) is 0 Å². The Morgan fingerprint density at radius 1 is 1.22 bits per heavy atom. The van der Waals surface area contributed by atoms with E-state index in [0.717, 1.165) is 39.5 Å². The molecular formula is C28H28N6O2. The van der Waals surface area contributed by atoms with E-state index in [1.807, 2.05) is 43.6 Å². The Kier molecular flexibility index (Phi) is 5.51. The predicted octanol–water partition coefficient (Wildman–Crippen LogP) is 3.80. The highest BCUT2D eigenvalue weighted by molar-refractivity contribution is 5.61. The molecule has 1 saturated heterocycles. The van der Waals surface area contributed by atoms with E-state index in [2.05, 4.69) is 69.2 Å². The summed E-state index contributed by atoms with van der Waals surface area (Å²) < 4.78 is 14.0. The van der Waals surface area contributed by atoms with Crippen molar-refractivity contribution in [2.75, 3.05) is 13.7 Å². The van der Waals surface area contributed by atoms with Crippen LogP contribution in [0.3, 0.4) is 0 Å². The molecule has 0 saturated carbocycles. The first kappa shape index (κ1) is 22.7. The number of aromatic nitrogens is 3. The number of terminal acetylenes is 1. The quantitative estimate of drug-likeness (QED) is 0.436. The molecule has 0 aliphatic carbocycles. The van der Waals surface area contributed by atoms with Crippen LogP contribution in [-0.4, -0.2) is 44.4 Å². The molecule has 1 N–H and O–H groups in total. The van der Waals surface area contributed by atoms with E-state index in [1.165, 1.54) is 0 Å². The maximum Gasteiger partial charge on any atom is 0.187 e. The lowest BCUT2D eigenvalue weighted by molar-refractivity contribution is -0.000829. The molecule has 6 rings (SSSR count). The van der Waals surface area contributed by atoms with Crippen molar-refractivity contribution in [2.45, 2.75) is 38.8 Å². The van der Waals surface area contributed by atoms with Crippen LogP contribution in [0.2, 0.25) is 0 Å². The summed E-state index contributed by atoms with van der Waals surface area (Å²) in [5.74, 6) is 3.45. The number of hydrogen-bond donors (Lipinski definition) is 1. The molecule has 36 heavy (non-hydrogen) atoms. The number of hydrazine groups is 1. The largest absolute Gasteiger partial charge is 0.374 e. The molecule has 0 spiro atoms. The van der Waals surface area contributed by atoms with E-state index < -0.39 is 5.66 Å². The Bertz CT molecular complexity index is 1450. The van der Waals surface area contributed by atoms with Crippen LogP contribution in [0.4, 0.5) is 0 Å². The van der Waals surface area contributed by atoms with Crippen LogP contribution in [-0.2, 0) is 23.6 Å². The Morgan fingerprint density at radius 3 is 2.81 bits per heavy atom. The number of nitrogens with zero attached hydrogens (tertiary/aromatic N) is 5. The van der Waals surface area contributed by atoms with Gasteiger partial charge in [-0.15, -0.1) is 6.42 Å². The first-order valence-electron chi connectivity index (χ1n) is 12.0. The first-order chi connectivity index (χ1) is 17.5. The van der Waals surface area contributed by atoms with Crippen molar-refractivity contribution in [1.29, 1.82) is 0 Å². The lowest BCUT2D eigenvalue weighted by Gasteiger charge is -2.35. The van der Waals surface area contributed by atoms with Gasteiger partial charge in [-0.05, 0) is 37.6 Å². The Labute approximate surface area is 210 Å². The molecule has 2 aliphatic rings. The smallest absolute Gasteiger partial charge is 0.187 e. The van der Waals surface area contributed by atoms with Crippen molar-refractivity contribution >= 4 is 0 Å². The minimum absolute atomic E-state index is 0.0354. The lowest BCUT2D eigenvalue weighted by atomic mass is 9.96. The predicted molar refractivity (Wildman–Crippen MR) is 135 cm³/mol. The molecule has 0 amide bonds. The van der Waals surface area contributed by atoms with Crippen molar-refractivity contribution < 1.29 is 9.26 Å². The van der Waals surface area contributed by atoms with Crippen LogP contribution in [0, 0.1) is 19.3 Å². The zero-order valence-electron chi connectivity index (χ0n) is 20.6. The third-order valence-electron chi connectivity index (χ3n) is 7.15. The fourth-order valence-corrected chi connectivity index (χ4v) is 5.33. The minimum Gasteiger partial charge on any atom is -0.374 e. The van der Waals surface area contributed by atoms with E-state index in [-0.39, 0.29) is 6.17 Å². The van der Waals surface area contributed by atoms with Gasteiger partial charge in [0, 0.05) is 30.8 Å². The number of imidazole rings is 1. The average molecular weight is 481 g/mol. The summed E-state index contributed by atoms with van der Waals surface area (Å²) in [5, 5.41) is 6.21. The number of benzene rings is 2. The maximum atomic E-state index is 6.22. The van der Waals surface area contributed by atoms with Gasteiger partial charge >= 0.3 is 0 Å². The van der Waals surface area contributed by atoms with Gasteiger partial charge in [-0.2, -0.15) is 0 Å². The Hall–Kier alpha value is -3.74. The van der Waals surface area contributed by atoms with Gasteiger partial charge < -0.3 is 13.8 Å². The van der Waals surface area contributed by atoms with E-state index in [4.69, 9.17) is 20.7 Å². The third-order valence-corrected chi connectivity index (χ3v) is 7.15. The number of aryl methyl sites for hydroxylation is 1. The Morgan fingerprint density at radius 2 is 2.06 bits per heavy atom. The third kappa shape index (κ3) is 3.65. The number of rotatable bonds is 5. The molecule has 8 nitrogen and oxygen atoms in total. The van der Waals surface area contributed by atoms with E-state index in [0.29, 0.717) is 25.5 Å². The number of ether oxygens (including phenoxy) is 1. The monoisotopic (exact) mass is 480 g/mol. The van der Waals surface area contributed by atoms with Gasteiger partial charge in [0.2, 0.25) is 0 Å². The molecule has 0 bridgehead atoms. The molecule has 182 valence electrons. The molecule has 2 aromatic heterocycles. The summed E-state index contributed by atoms with van der Waals surface area (Å²) in [4.78, 5) is 7.15. The molecule has 2 unspecified atom stereocenters. The van der Waals surface area contributed by atoms with Crippen molar-refractivity contribution in [3.8, 4) is 29.5 Å². The molecule has 4 aromatic rings. The first-order valence-corrected chi connectivity index (χ1v) is 12.0. The number of likely N-dealkylation sites (N-methyl/N-ethyl adjacent to an activating group) is 1. The second-order valence-corrected chi connectivity index (χ2v) is 9.52. The van der Waals surface area contributed by atoms with E-state index in [9.17, 15) is 0 Å². The zero-order chi connectivity index (χ0) is 24.9. The Balaban J connectivity index is 1.42. The van der Waals surface area contributed by atoms with Gasteiger partial charge in [0.15, 0.2) is 5.76 Å². The fraction of sp³-hybridized carbons (Fsp3) is 0.286. The van der Waals surface area contributed by atoms with E-state index >= 15 is 0 Å². The molecule has 0 radical (unpaired) electrons. The highest BCUT2D eigenvalue weighted by Crippen LogP contribution is 2.43. The summed E-state index contributed by atoms with van der Waals surface area (Å²) in [5.41, 5.74) is 9.89. The highest BCUT2D eigenvalue weighted by Gasteiger charge is 2.50. The molecular weight excluding hydrogens is 452 g/mol. The lowest BCUT2D eigenvalue weighted by Crippen LogP contribution is -2.47. The van der Waals surface area contributed by atoms with Gasteiger partial charge in [0.1, 0.15) is 23.8 Å². The van der Waals surface area contributed by atoms with Crippen LogP contribution in [0.25, 0.3) is 17.1 Å².